The minimum Gasteiger partial charge on any atom is -0.507 e. The molecule has 1 saturated heterocycles. The zero-order valence-corrected chi connectivity index (χ0v) is 16.8. The number of aromatic amines is 1. The number of likely N-dealkylation sites (tertiary alicyclic amines) is 1. The summed E-state index contributed by atoms with van der Waals surface area (Å²) in [6.45, 7) is 6.31. The number of fused-ring (bicyclic) bond motifs is 1. The second-order valence-electron chi connectivity index (χ2n) is 7.57. The molecule has 1 fully saturated rings. The molecule has 4 rings (SSSR count). The Kier molecular flexibility index (Phi) is 4.74. The van der Waals surface area contributed by atoms with Gasteiger partial charge in [0.15, 0.2) is 0 Å². The first-order valence-electron chi connectivity index (χ1n) is 9.86. The normalized spacial score (nSPS) is 18.7. The number of aliphatic hydroxyl groups is 1. The lowest BCUT2D eigenvalue weighted by Crippen LogP contribution is -2.30. The monoisotopic (exact) mass is 388 g/mol. The van der Waals surface area contributed by atoms with Crippen LogP contribution in [0, 0.1) is 13.8 Å². The number of para-hydroxylation sites is 1. The van der Waals surface area contributed by atoms with Gasteiger partial charge in [0.05, 0.1) is 11.6 Å². The van der Waals surface area contributed by atoms with Crippen LogP contribution in [0.4, 0.5) is 0 Å². The Morgan fingerprint density at radius 2 is 1.76 bits per heavy atom. The van der Waals surface area contributed by atoms with Crippen LogP contribution in [0.3, 0.4) is 0 Å². The number of nitrogens with zero attached hydrogens (tertiary/aromatic N) is 1. The van der Waals surface area contributed by atoms with Crippen LogP contribution in [0.25, 0.3) is 16.7 Å². The number of H-pyrrole nitrogens is 1. The van der Waals surface area contributed by atoms with Gasteiger partial charge in [-0.15, -0.1) is 0 Å². The molecule has 1 aliphatic heterocycles. The van der Waals surface area contributed by atoms with E-state index in [2.05, 4.69) is 4.98 Å². The summed E-state index contributed by atoms with van der Waals surface area (Å²) in [7, 11) is 0. The molecule has 2 N–H and O–H groups in total. The van der Waals surface area contributed by atoms with Gasteiger partial charge in [-0.05, 0) is 26.3 Å². The fourth-order valence-electron chi connectivity index (χ4n) is 4.17. The highest BCUT2D eigenvalue weighted by Crippen LogP contribution is 2.43. The minimum absolute atomic E-state index is 0.128. The lowest BCUT2D eigenvalue weighted by Gasteiger charge is -2.25. The Hall–Kier alpha value is -3.34. The van der Waals surface area contributed by atoms with E-state index in [0.29, 0.717) is 12.1 Å². The number of nitrogens with one attached hydrogen (secondary N) is 1. The Morgan fingerprint density at radius 3 is 2.45 bits per heavy atom. The van der Waals surface area contributed by atoms with Crippen molar-refractivity contribution >= 4 is 28.4 Å². The van der Waals surface area contributed by atoms with Crippen molar-refractivity contribution in [1.29, 1.82) is 0 Å². The van der Waals surface area contributed by atoms with Gasteiger partial charge in [0.1, 0.15) is 5.76 Å². The molecular formula is C24H24N2O3. The lowest BCUT2D eigenvalue weighted by molar-refractivity contribution is -0.139. The maximum absolute atomic E-state index is 13.0. The first kappa shape index (κ1) is 19.0. The molecule has 29 heavy (non-hydrogen) atoms. The molecule has 1 aromatic heterocycles. The van der Waals surface area contributed by atoms with E-state index in [1.54, 1.807) is 17.0 Å². The van der Waals surface area contributed by atoms with Crippen molar-refractivity contribution in [3.05, 3.63) is 76.5 Å². The molecule has 2 heterocycles. The molecule has 0 radical (unpaired) electrons. The molecular weight excluding hydrogens is 364 g/mol. The fraction of sp³-hybridized carbons (Fsp3) is 0.250. The van der Waals surface area contributed by atoms with E-state index in [4.69, 9.17) is 0 Å². The van der Waals surface area contributed by atoms with Gasteiger partial charge in [-0.2, -0.15) is 0 Å². The molecule has 5 nitrogen and oxygen atoms in total. The van der Waals surface area contributed by atoms with Gasteiger partial charge in [-0.1, -0.05) is 55.0 Å². The Morgan fingerprint density at radius 1 is 1.07 bits per heavy atom. The van der Waals surface area contributed by atoms with E-state index in [1.165, 1.54) is 0 Å². The molecule has 0 saturated carbocycles. The van der Waals surface area contributed by atoms with Gasteiger partial charge in [-0.25, -0.2) is 0 Å². The summed E-state index contributed by atoms with van der Waals surface area (Å²) in [6, 6.07) is 14.5. The summed E-state index contributed by atoms with van der Waals surface area (Å²) in [5, 5.41) is 12.0. The van der Waals surface area contributed by atoms with Crippen molar-refractivity contribution in [2.24, 2.45) is 0 Å². The van der Waals surface area contributed by atoms with E-state index < -0.39 is 17.7 Å². The maximum atomic E-state index is 13.0. The number of rotatable bonds is 4. The number of aliphatic hydroxyl groups excluding tert-OH is 1. The lowest BCUT2D eigenvalue weighted by atomic mass is 9.93. The summed E-state index contributed by atoms with van der Waals surface area (Å²) in [4.78, 5) is 30.8. The van der Waals surface area contributed by atoms with Crippen molar-refractivity contribution in [2.75, 3.05) is 6.54 Å². The van der Waals surface area contributed by atoms with E-state index in [0.717, 1.165) is 34.1 Å². The largest absolute Gasteiger partial charge is 0.507 e. The minimum atomic E-state index is -0.633. The number of ketones is 1. The van der Waals surface area contributed by atoms with Gasteiger partial charge in [0.2, 0.25) is 0 Å². The van der Waals surface area contributed by atoms with E-state index in [1.807, 2.05) is 57.2 Å². The number of hydrogen-bond acceptors (Lipinski definition) is 3. The molecule has 1 atom stereocenters. The average Bonchev–Trinajstić information content (AvgIpc) is 3.16. The van der Waals surface area contributed by atoms with Crippen molar-refractivity contribution in [3.63, 3.8) is 0 Å². The fourth-order valence-corrected chi connectivity index (χ4v) is 4.17. The first-order chi connectivity index (χ1) is 13.9. The summed E-state index contributed by atoms with van der Waals surface area (Å²) in [5.41, 5.74) is 4.43. The third-order valence-electron chi connectivity index (χ3n) is 5.55. The van der Waals surface area contributed by atoms with Crippen LogP contribution in [0.1, 0.15) is 41.8 Å². The highest BCUT2D eigenvalue weighted by atomic mass is 16.3. The van der Waals surface area contributed by atoms with Crippen LogP contribution in [0.5, 0.6) is 0 Å². The van der Waals surface area contributed by atoms with Gasteiger partial charge in [-0.3, -0.25) is 9.59 Å². The highest BCUT2D eigenvalue weighted by molar-refractivity contribution is 6.46. The van der Waals surface area contributed by atoms with E-state index in [9.17, 15) is 14.7 Å². The molecule has 3 aromatic rings. The molecule has 5 heteroatoms. The summed E-state index contributed by atoms with van der Waals surface area (Å²) >= 11 is 0. The van der Waals surface area contributed by atoms with Crippen LogP contribution in [0.2, 0.25) is 0 Å². The quantitative estimate of drug-likeness (QED) is 0.389. The Labute approximate surface area is 169 Å². The van der Waals surface area contributed by atoms with Crippen molar-refractivity contribution in [1.82, 2.24) is 9.88 Å². The van der Waals surface area contributed by atoms with Gasteiger partial charge >= 0.3 is 0 Å². The summed E-state index contributed by atoms with van der Waals surface area (Å²) in [6.07, 6.45) is 0.718. The number of aryl methyl sites for hydroxylation is 2. The zero-order chi connectivity index (χ0) is 20.7. The average molecular weight is 388 g/mol. The van der Waals surface area contributed by atoms with Crippen molar-refractivity contribution in [2.45, 2.75) is 33.2 Å². The van der Waals surface area contributed by atoms with E-state index >= 15 is 0 Å². The highest BCUT2D eigenvalue weighted by Gasteiger charge is 2.47. The number of Topliss-reactive ketones (excluding diaryl/α,β-unsaturated/α-hetero) is 1. The molecule has 0 aliphatic carbocycles. The smallest absolute Gasteiger partial charge is 0.295 e. The van der Waals surface area contributed by atoms with Crippen LogP contribution >= 0.6 is 0 Å². The molecule has 2 aromatic carbocycles. The Bertz CT molecular complexity index is 1140. The first-order valence-corrected chi connectivity index (χ1v) is 9.86. The predicted molar refractivity (Wildman–Crippen MR) is 114 cm³/mol. The topological polar surface area (TPSA) is 73.4 Å². The van der Waals surface area contributed by atoms with Crippen molar-refractivity contribution < 1.29 is 14.7 Å². The van der Waals surface area contributed by atoms with Gasteiger partial charge in [0, 0.05) is 34.3 Å². The van der Waals surface area contributed by atoms with Crippen LogP contribution in [0.15, 0.2) is 54.1 Å². The second kappa shape index (κ2) is 7.24. The molecule has 1 unspecified atom stereocenters. The summed E-state index contributed by atoms with van der Waals surface area (Å²) < 4.78 is 0. The Balaban J connectivity index is 1.98. The van der Waals surface area contributed by atoms with E-state index in [-0.39, 0.29) is 11.3 Å². The number of amides is 1. The standard InChI is InChI=1S/C24H24N2O3/c1-4-13-26-21(19-15(3)25-18-8-6-5-7-17(18)19)20(23(28)24(26)29)22(27)16-11-9-14(2)10-12-16/h5-12,21,25,27H,4,13H2,1-3H3/b22-20+. The molecule has 1 aliphatic rings. The predicted octanol–water partition coefficient (Wildman–Crippen LogP) is 4.62. The van der Waals surface area contributed by atoms with Crippen LogP contribution < -0.4 is 0 Å². The number of aromatic nitrogens is 1. The molecule has 1 amide bonds. The zero-order valence-electron chi connectivity index (χ0n) is 16.8. The molecule has 148 valence electrons. The van der Waals surface area contributed by atoms with Gasteiger partial charge in [0.25, 0.3) is 11.7 Å². The van der Waals surface area contributed by atoms with Crippen LogP contribution in [-0.4, -0.2) is 33.2 Å². The van der Waals surface area contributed by atoms with Crippen molar-refractivity contribution in [3.8, 4) is 0 Å². The molecule has 0 spiro atoms. The third kappa shape index (κ3) is 3.03. The number of hydrogen-bond donors (Lipinski definition) is 2. The molecule has 0 bridgehead atoms. The van der Waals surface area contributed by atoms with Gasteiger partial charge < -0.3 is 15.0 Å². The SMILES string of the molecule is CCCN1C(=O)C(=O)/C(=C(/O)c2ccc(C)cc2)C1c1c(C)[nH]c2ccccc12. The third-order valence-corrected chi connectivity index (χ3v) is 5.55. The van der Waals surface area contributed by atoms with Crippen LogP contribution in [-0.2, 0) is 9.59 Å². The number of benzene rings is 2. The summed E-state index contributed by atoms with van der Waals surface area (Å²) in [5.74, 6) is -1.32. The number of carbonyl (C=O) groups is 2. The number of carbonyl (C=O) groups excluding carboxylic acids is 2. The maximum Gasteiger partial charge on any atom is 0.295 e. The second-order valence-corrected chi connectivity index (χ2v) is 7.57.